The van der Waals surface area contributed by atoms with E-state index >= 15 is 0 Å². The predicted octanol–water partition coefficient (Wildman–Crippen LogP) is 4.88. The SMILES string of the molecule is N#Cc1cc2ccccc2c2cc(C(F)(F)F)ccc12. The van der Waals surface area contributed by atoms with E-state index in [9.17, 15) is 13.2 Å². The Balaban J connectivity index is 2.49. The van der Waals surface area contributed by atoms with Crippen molar-refractivity contribution in [2.45, 2.75) is 6.18 Å². The van der Waals surface area contributed by atoms with Crippen molar-refractivity contribution in [2.75, 3.05) is 0 Å². The second-order valence-electron chi connectivity index (χ2n) is 4.52. The van der Waals surface area contributed by atoms with Gasteiger partial charge in [0.1, 0.15) is 0 Å². The molecule has 20 heavy (non-hydrogen) atoms. The molecule has 0 fully saturated rings. The van der Waals surface area contributed by atoms with Crippen LogP contribution in [0.4, 0.5) is 13.2 Å². The molecule has 1 nitrogen and oxygen atoms in total. The van der Waals surface area contributed by atoms with Crippen LogP contribution in [0.2, 0.25) is 0 Å². The third kappa shape index (κ3) is 1.88. The lowest BCUT2D eigenvalue weighted by atomic mass is 9.96. The van der Waals surface area contributed by atoms with Gasteiger partial charge in [-0.05, 0) is 34.4 Å². The maximum atomic E-state index is 12.8. The van der Waals surface area contributed by atoms with Gasteiger partial charge in [0, 0.05) is 5.39 Å². The van der Waals surface area contributed by atoms with Crippen molar-refractivity contribution in [1.29, 1.82) is 5.26 Å². The van der Waals surface area contributed by atoms with Crippen LogP contribution in [0.25, 0.3) is 21.5 Å². The molecule has 0 unspecified atom stereocenters. The third-order valence-electron chi connectivity index (χ3n) is 3.31. The molecule has 0 aliphatic heterocycles. The fourth-order valence-corrected chi connectivity index (χ4v) is 2.37. The van der Waals surface area contributed by atoms with Crippen molar-refractivity contribution >= 4 is 21.5 Å². The number of nitrogens with zero attached hydrogens (tertiary/aromatic N) is 1. The van der Waals surface area contributed by atoms with Crippen LogP contribution in [0.3, 0.4) is 0 Å². The smallest absolute Gasteiger partial charge is 0.192 e. The molecule has 4 heteroatoms. The van der Waals surface area contributed by atoms with Crippen LogP contribution in [0.5, 0.6) is 0 Å². The zero-order valence-electron chi connectivity index (χ0n) is 10.2. The molecule has 0 aliphatic carbocycles. The molecule has 0 saturated heterocycles. The number of benzene rings is 3. The molecule has 0 atom stereocenters. The second kappa shape index (κ2) is 4.24. The number of hydrogen-bond acceptors (Lipinski definition) is 1. The summed E-state index contributed by atoms with van der Waals surface area (Å²) in [5.41, 5.74) is -0.322. The molecule has 0 radical (unpaired) electrons. The monoisotopic (exact) mass is 271 g/mol. The van der Waals surface area contributed by atoms with Crippen molar-refractivity contribution in [3.05, 3.63) is 59.7 Å². The highest BCUT2D eigenvalue weighted by atomic mass is 19.4. The van der Waals surface area contributed by atoms with Crippen LogP contribution in [-0.2, 0) is 6.18 Å². The molecule has 98 valence electrons. The Morgan fingerprint density at radius 1 is 0.850 bits per heavy atom. The van der Waals surface area contributed by atoms with Gasteiger partial charge in [-0.25, -0.2) is 0 Å². The Kier molecular flexibility index (Phi) is 2.65. The summed E-state index contributed by atoms with van der Waals surface area (Å²) in [5.74, 6) is 0. The fourth-order valence-electron chi connectivity index (χ4n) is 2.37. The van der Waals surface area contributed by atoms with Crippen molar-refractivity contribution in [3.8, 4) is 6.07 Å². The minimum absolute atomic E-state index is 0.382. The molecule has 3 aromatic carbocycles. The number of fused-ring (bicyclic) bond motifs is 3. The summed E-state index contributed by atoms with van der Waals surface area (Å²) in [4.78, 5) is 0. The van der Waals surface area contributed by atoms with E-state index in [0.717, 1.165) is 17.5 Å². The standard InChI is InChI=1S/C16H8F3N/c17-16(18,19)12-5-6-14-11(9-20)7-10-3-1-2-4-13(10)15(14)8-12/h1-8H. The Morgan fingerprint density at radius 2 is 1.60 bits per heavy atom. The fraction of sp³-hybridized carbons (Fsp3) is 0.0625. The number of hydrogen-bond donors (Lipinski definition) is 0. The molecule has 0 saturated carbocycles. The lowest BCUT2D eigenvalue weighted by molar-refractivity contribution is -0.137. The van der Waals surface area contributed by atoms with Crippen LogP contribution in [0, 0.1) is 11.3 Å². The first-order valence-corrected chi connectivity index (χ1v) is 5.93. The zero-order valence-corrected chi connectivity index (χ0v) is 10.2. The molecule has 0 aliphatic rings. The average Bonchev–Trinajstić information content (AvgIpc) is 2.44. The quantitative estimate of drug-likeness (QED) is 0.534. The maximum Gasteiger partial charge on any atom is 0.416 e. The van der Waals surface area contributed by atoms with Gasteiger partial charge in [0.05, 0.1) is 17.2 Å². The van der Waals surface area contributed by atoms with E-state index in [1.165, 1.54) is 6.07 Å². The van der Waals surface area contributed by atoms with E-state index in [2.05, 4.69) is 0 Å². The van der Waals surface area contributed by atoms with Crippen molar-refractivity contribution in [3.63, 3.8) is 0 Å². The van der Waals surface area contributed by atoms with Gasteiger partial charge in [-0.3, -0.25) is 0 Å². The Morgan fingerprint density at radius 3 is 2.30 bits per heavy atom. The van der Waals surface area contributed by atoms with E-state index in [4.69, 9.17) is 5.26 Å². The van der Waals surface area contributed by atoms with Crippen LogP contribution >= 0.6 is 0 Å². The van der Waals surface area contributed by atoms with Gasteiger partial charge in [-0.1, -0.05) is 30.3 Å². The van der Waals surface area contributed by atoms with E-state index in [1.54, 1.807) is 30.3 Å². The Bertz CT molecular complexity index is 857. The third-order valence-corrected chi connectivity index (χ3v) is 3.31. The van der Waals surface area contributed by atoms with Crippen LogP contribution in [0.1, 0.15) is 11.1 Å². The molecular weight excluding hydrogens is 263 g/mol. The lowest BCUT2D eigenvalue weighted by Gasteiger charge is -2.10. The first-order chi connectivity index (χ1) is 9.50. The number of nitriles is 1. The molecule has 0 aromatic heterocycles. The molecule has 0 heterocycles. The highest BCUT2D eigenvalue weighted by Crippen LogP contribution is 2.35. The van der Waals surface area contributed by atoms with Gasteiger partial charge in [0.15, 0.2) is 0 Å². The van der Waals surface area contributed by atoms with Gasteiger partial charge in [-0.15, -0.1) is 0 Å². The minimum atomic E-state index is -4.39. The average molecular weight is 271 g/mol. The van der Waals surface area contributed by atoms with Gasteiger partial charge < -0.3 is 0 Å². The molecule has 0 N–H and O–H groups in total. The number of rotatable bonds is 0. The van der Waals surface area contributed by atoms with E-state index in [-0.39, 0.29) is 0 Å². The molecule has 0 spiro atoms. The highest BCUT2D eigenvalue weighted by Gasteiger charge is 2.30. The van der Waals surface area contributed by atoms with Crippen LogP contribution in [0.15, 0.2) is 48.5 Å². The number of alkyl halides is 3. The summed E-state index contributed by atoms with van der Waals surface area (Å²) in [6.07, 6.45) is -4.39. The van der Waals surface area contributed by atoms with Gasteiger partial charge in [0.2, 0.25) is 0 Å². The summed E-state index contributed by atoms with van der Waals surface area (Å²) in [7, 11) is 0. The summed E-state index contributed by atoms with van der Waals surface area (Å²) in [6.45, 7) is 0. The van der Waals surface area contributed by atoms with E-state index in [1.807, 2.05) is 6.07 Å². The Hall–Kier alpha value is -2.54. The number of halogens is 3. The van der Waals surface area contributed by atoms with Crippen molar-refractivity contribution < 1.29 is 13.2 Å². The van der Waals surface area contributed by atoms with Crippen molar-refractivity contribution in [1.82, 2.24) is 0 Å². The first-order valence-electron chi connectivity index (χ1n) is 5.93. The highest BCUT2D eigenvalue weighted by molar-refractivity contribution is 6.10. The summed E-state index contributed by atoms with van der Waals surface area (Å²) in [5, 5.41) is 11.6. The second-order valence-corrected chi connectivity index (χ2v) is 4.52. The molecule has 3 rings (SSSR count). The largest absolute Gasteiger partial charge is 0.416 e. The van der Waals surface area contributed by atoms with Crippen molar-refractivity contribution in [2.24, 2.45) is 0 Å². The molecular formula is C16H8F3N. The van der Waals surface area contributed by atoms with Gasteiger partial charge in [-0.2, -0.15) is 18.4 Å². The van der Waals surface area contributed by atoms with Gasteiger partial charge in [0.25, 0.3) is 0 Å². The minimum Gasteiger partial charge on any atom is -0.192 e. The normalized spacial score (nSPS) is 11.7. The summed E-state index contributed by atoms with van der Waals surface area (Å²) >= 11 is 0. The van der Waals surface area contributed by atoms with Crippen LogP contribution < -0.4 is 0 Å². The Labute approximate surface area is 112 Å². The first kappa shape index (κ1) is 12.5. The zero-order chi connectivity index (χ0) is 14.3. The lowest BCUT2D eigenvalue weighted by Crippen LogP contribution is -2.04. The summed E-state index contributed by atoms with van der Waals surface area (Å²) < 4.78 is 38.5. The molecule has 3 aromatic rings. The topological polar surface area (TPSA) is 23.8 Å². The van der Waals surface area contributed by atoms with E-state index < -0.39 is 11.7 Å². The van der Waals surface area contributed by atoms with Gasteiger partial charge >= 0.3 is 6.18 Å². The summed E-state index contributed by atoms with van der Waals surface area (Å²) in [6, 6.07) is 14.3. The predicted molar refractivity (Wildman–Crippen MR) is 71.2 cm³/mol. The maximum absolute atomic E-state index is 12.8. The van der Waals surface area contributed by atoms with E-state index in [0.29, 0.717) is 21.7 Å². The van der Waals surface area contributed by atoms with Crippen LogP contribution in [-0.4, -0.2) is 0 Å². The molecule has 0 amide bonds. The molecule has 0 bridgehead atoms.